The van der Waals surface area contributed by atoms with E-state index in [0.717, 1.165) is 0 Å². The van der Waals surface area contributed by atoms with Crippen molar-refractivity contribution in [2.45, 2.75) is 50.7 Å². The molecule has 0 aromatic carbocycles. The molecule has 8 nitrogen and oxygen atoms in total. The van der Waals surface area contributed by atoms with Crippen LogP contribution in [-0.4, -0.2) is 61.1 Å². The molecule has 1 saturated heterocycles. The molecule has 1 aliphatic heterocycles. The molecule has 5 atom stereocenters. The van der Waals surface area contributed by atoms with Gasteiger partial charge in [-0.3, -0.25) is 19.4 Å². The standard InChI is InChI=1S/C13H18ClNO7/c1-6(16)19-5-9-11(20-7(2)17)10(15-4)12(13(14)22-9)21-8(3)18/h9-13H,4-5H2,1-3H3/t9?,10?,11-,12?,13+/m0/s1. The van der Waals surface area contributed by atoms with E-state index in [-0.39, 0.29) is 6.61 Å². The van der Waals surface area contributed by atoms with Gasteiger partial charge in [-0.2, -0.15) is 0 Å². The summed E-state index contributed by atoms with van der Waals surface area (Å²) in [6.07, 6.45) is -2.78. The minimum absolute atomic E-state index is 0.185. The first-order valence-electron chi connectivity index (χ1n) is 6.49. The van der Waals surface area contributed by atoms with Gasteiger partial charge in [0, 0.05) is 20.8 Å². The van der Waals surface area contributed by atoms with Gasteiger partial charge in [0.1, 0.15) is 18.8 Å². The summed E-state index contributed by atoms with van der Waals surface area (Å²) in [6.45, 7) is 6.86. The maximum atomic E-state index is 11.3. The van der Waals surface area contributed by atoms with E-state index in [9.17, 15) is 14.4 Å². The van der Waals surface area contributed by atoms with Crippen LogP contribution in [0.1, 0.15) is 20.8 Å². The molecule has 124 valence electrons. The fraction of sp³-hybridized carbons (Fsp3) is 0.692. The number of carbonyl (C=O) groups excluding carboxylic acids is 3. The van der Waals surface area contributed by atoms with E-state index in [0.29, 0.717) is 0 Å². The Hall–Kier alpha value is -1.67. The second-order valence-corrected chi connectivity index (χ2v) is 5.08. The summed E-state index contributed by atoms with van der Waals surface area (Å²) in [7, 11) is 0. The van der Waals surface area contributed by atoms with Crippen LogP contribution in [0.15, 0.2) is 4.99 Å². The van der Waals surface area contributed by atoms with Crippen LogP contribution in [0.3, 0.4) is 0 Å². The Bertz CT molecular complexity index is 456. The molecule has 1 heterocycles. The van der Waals surface area contributed by atoms with E-state index in [4.69, 9.17) is 30.5 Å². The monoisotopic (exact) mass is 335 g/mol. The van der Waals surface area contributed by atoms with Gasteiger partial charge in [0.15, 0.2) is 17.8 Å². The summed E-state index contributed by atoms with van der Waals surface area (Å²) in [4.78, 5) is 37.2. The molecule has 0 spiro atoms. The quantitative estimate of drug-likeness (QED) is 0.311. The highest BCUT2D eigenvalue weighted by molar-refractivity contribution is 6.20. The van der Waals surface area contributed by atoms with Gasteiger partial charge in [-0.05, 0) is 6.72 Å². The van der Waals surface area contributed by atoms with Crippen LogP contribution in [-0.2, 0) is 33.3 Å². The number of ether oxygens (including phenoxy) is 4. The predicted octanol–water partition coefficient (Wildman–Crippen LogP) is 0.446. The molecule has 1 rings (SSSR count). The molecule has 1 fully saturated rings. The molecule has 3 unspecified atom stereocenters. The molecule has 9 heteroatoms. The Kier molecular flexibility index (Phi) is 6.76. The zero-order valence-electron chi connectivity index (χ0n) is 12.5. The van der Waals surface area contributed by atoms with Gasteiger partial charge in [0.05, 0.1) is 0 Å². The van der Waals surface area contributed by atoms with Crippen molar-refractivity contribution in [1.29, 1.82) is 0 Å². The Morgan fingerprint density at radius 1 is 1.09 bits per heavy atom. The molecule has 0 aromatic heterocycles. The van der Waals surface area contributed by atoms with Crippen LogP contribution < -0.4 is 0 Å². The second kappa shape index (κ2) is 8.09. The van der Waals surface area contributed by atoms with Gasteiger partial charge < -0.3 is 18.9 Å². The molecule has 0 radical (unpaired) electrons. The third-order valence-corrected chi connectivity index (χ3v) is 3.22. The lowest BCUT2D eigenvalue weighted by Gasteiger charge is -2.41. The normalized spacial score (nSPS) is 31.0. The molecular weight excluding hydrogens is 318 g/mol. The average Bonchev–Trinajstić information content (AvgIpc) is 2.39. The lowest BCUT2D eigenvalue weighted by Crippen LogP contribution is -2.59. The van der Waals surface area contributed by atoms with Crippen molar-refractivity contribution in [3.05, 3.63) is 0 Å². The van der Waals surface area contributed by atoms with E-state index in [1.165, 1.54) is 20.8 Å². The van der Waals surface area contributed by atoms with Gasteiger partial charge in [-0.15, -0.1) is 0 Å². The van der Waals surface area contributed by atoms with E-state index in [1.54, 1.807) is 0 Å². The summed E-state index contributed by atoms with van der Waals surface area (Å²) in [5.74, 6) is -1.71. The topological polar surface area (TPSA) is 100 Å². The SMILES string of the molecule is C=NC1C(OC(C)=O)[C@H](Cl)OC(COC(C)=O)[C@@H]1OC(C)=O. The first kappa shape index (κ1) is 18.4. The minimum Gasteiger partial charge on any atom is -0.463 e. The van der Waals surface area contributed by atoms with Crippen molar-refractivity contribution < 1.29 is 33.3 Å². The highest BCUT2D eigenvalue weighted by Crippen LogP contribution is 2.30. The molecule has 1 aliphatic rings. The number of nitrogens with zero attached hydrogens (tertiary/aromatic N) is 1. The van der Waals surface area contributed by atoms with E-state index in [1.807, 2.05) is 0 Å². The average molecular weight is 336 g/mol. The number of halogens is 1. The fourth-order valence-corrected chi connectivity index (χ4v) is 2.41. The Morgan fingerprint density at radius 2 is 1.64 bits per heavy atom. The molecule has 0 aromatic rings. The number of hydrogen-bond donors (Lipinski definition) is 0. The Morgan fingerprint density at radius 3 is 2.09 bits per heavy atom. The van der Waals surface area contributed by atoms with Crippen molar-refractivity contribution in [3.8, 4) is 0 Å². The van der Waals surface area contributed by atoms with Gasteiger partial charge in [-0.1, -0.05) is 11.6 Å². The first-order valence-corrected chi connectivity index (χ1v) is 6.93. The summed E-state index contributed by atoms with van der Waals surface area (Å²) >= 11 is 6.04. The predicted molar refractivity (Wildman–Crippen MR) is 75.6 cm³/mol. The highest BCUT2D eigenvalue weighted by Gasteiger charge is 2.49. The zero-order valence-corrected chi connectivity index (χ0v) is 13.2. The number of rotatable bonds is 5. The lowest BCUT2D eigenvalue weighted by atomic mass is 9.97. The zero-order chi connectivity index (χ0) is 16.9. The third kappa shape index (κ3) is 4.96. The summed E-state index contributed by atoms with van der Waals surface area (Å²) in [5, 5.41) is 0. The molecule has 0 saturated carbocycles. The van der Waals surface area contributed by atoms with Crippen molar-refractivity contribution in [1.82, 2.24) is 0 Å². The maximum Gasteiger partial charge on any atom is 0.303 e. The maximum absolute atomic E-state index is 11.3. The van der Waals surface area contributed by atoms with Crippen molar-refractivity contribution in [3.63, 3.8) is 0 Å². The molecule has 0 aliphatic carbocycles. The van der Waals surface area contributed by atoms with Gasteiger partial charge in [0.2, 0.25) is 0 Å². The Labute approximate surface area is 132 Å². The van der Waals surface area contributed by atoms with Crippen molar-refractivity contribution in [2.24, 2.45) is 4.99 Å². The van der Waals surface area contributed by atoms with E-state index in [2.05, 4.69) is 11.7 Å². The molecule has 22 heavy (non-hydrogen) atoms. The van der Waals surface area contributed by atoms with Crippen molar-refractivity contribution >= 4 is 36.2 Å². The first-order chi connectivity index (χ1) is 10.3. The fourth-order valence-electron chi connectivity index (χ4n) is 2.08. The summed E-state index contributed by atoms with van der Waals surface area (Å²) < 4.78 is 20.5. The van der Waals surface area contributed by atoms with Crippen LogP contribution >= 0.6 is 11.6 Å². The largest absolute Gasteiger partial charge is 0.463 e. The van der Waals surface area contributed by atoms with E-state index < -0.39 is 47.8 Å². The molecular formula is C13H18ClNO7. The van der Waals surface area contributed by atoms with E-state index >= 15 is 0 Å². The number of carbonyl (C=O) groups is 3. The van der Waals surface area contributed by atoms with Crippen LogP contribution in [0.4, 0.5) is 0 Å². The lowest BCUT2D eigenvalue weighted by molar-refractivity contribution is -0.202. The van der Waals surface area contributed by atoms with Gasteiger partial charge >= 0.3 is 17.9 Å². The molecule has 0 bridgehead atoms. The number of alkyl halides is 1. The van der Waals surface area contributed by atoms with Crippen LogP contribution in [0.5, 0.6) is 0 Å². The third-order valence-electron chi connectivity index (χ3n) is 2.87. The molecule has 0 N–H and O–H groups in total. The van der Waals surface area contributed by atoms with Gasteiger partial charge in [0.25, 0.3) is 0 Å². The van der Waals surface area contributed by atoms with Crippen LogP contribution in [0, 0.1) is 0 Å². The highest BCUT2D eigenvalue weighted by atomic mass is 35.5. The van der Waals surface area contributed by atoms with Crippen LogP contribution in [0.2, 0.25) is 0 Å². The number of aliphatic imine (C=N–C) groups is 1. The second-order valence-electron chi connectivity index (χ2n) is 4.65. The van der Waals surface area contributed by atoms with Crippen molar-refractivity contribution in [2.75, 3.05) is 6.61 Å². The minimum atomic E-state index is -1.05. The molecule has 0 amide bonds. The smallest absolute Gasteiger partial charge is 0.303 e. The number of esters is 3. The summed E-state index contributed by atoms with van der Waals surface area (Å²) in [5.41, 5.74) is -1.05. The Balaban J connectivity index is 2.99. The summed E-state index contributed by atoms with van der Waals surface area (Å²) in [6, 6.07) is -0.843. The van der Waals surface area contributed by atoms with Crippen LogP contribution in [0.25, 0.3) is 0 Å². The number of hydrogen-bond acceptors (Lipinski definition) is 8. The van der Waals surface area contributed by atoms with Gasteiger partial charge in [-0.25, -0.2) is 0 Å².